The van der Waals surface area contributed by atoms with Gasteiger partial charge in [0, 0.05) is 56.8 Å². The zero-order valence-electron chi connectivity index (χ0n) is 29.6. The van der Waals surface area contributed by atoms with Gasteiger partial charge in [-0.1, -0.05) is 30.0 Å². The maximum Gasteiger partial charge on any atom is 0.255 e. The Kier molecular flexibility index (Phi) is 8.75. The second kappa shape index (κ2) is 14.0. The van der Waals surface area contributed by atoms with Crippen molar-refractivity contribution in [3.05, 3.63) is 107 Å². The normalized spacial score (nSPS) is 20.3. The number of nitrogens with one attached hydrogen (secondary N) is 1. The van der Waals surface area contributed by atoms with E-state index in [0.29, 0.717) is 25.1 Å². The summed E-state index contributed by atoms with van der Waals surface area (Å²) in [5.41, 5.74) is 5.55. The number of amides is 3. The highest BCUT2D eigenvalue weighted by Gasteiger charge is 2.39. The molecule has 2 aromatic carbocycles. The monoisotopic (exact) mass is 723 g/mol. The van der Waals surface area contributed by atoms with Crippen LogP contribution in [-0.2, 0) is 16.1 Å². The van der Waals surface area contributed by atoms with E-state index in [4.69, 9.17) is 10.1 Å². The lowest BCUT2D eigenvalue weighted by Crippen LogP contribution is -2.52. The molecule has 7 heterocycles. The first-order valence-corrected chi connectivity index (χ1v) is 18.5. The first kappa shape index (κ1) is 33.7. The molecule has 0 bridgehead atoms. The molecule has 0 radical (unpaired) electrons. The molecule has 2 atom stereocenters. The number of halogens is 1. The fourth-order valence-corrected chi connectivity index (χ4v) is 8.08. The summed E-state index contributed by atoms with van der Waals surface area (Å²) in [7, 11) is 0. The van der Waals surface area contributed by atoms with Gasteiger partial charge in [-0.05, 0) is 85.0 Å². The van der Waals surface area contributed by atoms with Crippen molar-refractivity contribution in [1.29, 1.82) is 0 Å². The van der Waals surface area contributed by atoms with Crippen molar-refractivity contribution in [2.24, 2.45) is 0 Å². The molecule has 3 saturated heterocycles. The third-order valence-electron chi connectivity index (χ3n) is 10.9. The molecule has 9 rings (SSSR count). The van der Waals surface area contributed by atoms with Gasteiger partial charge in [0.15, 0.2) is 5.65 Å². The number of imide groups is 1. The summed E-state index contributed by atoms with van der Waals surface area (Å²) in [6.07, 6.45) is 4.33. The molecule has 12 nitrogen and oxygen atoms in total. The van der Waals surface area contributed by atoms with E-state index < -0.39 is 11.9 Å². The van der Waals surface area contributed by atoms with Gasteiger partial charge in [-0.2, -0.15) is 0 Å². The lowest BCUT2D eigenvalue weighted by Gasteiger charge is -2.34. The molecule has 272 valence electrons. The van der Waals surface area contributed by atoms with E-state index in [1.54, 1.807) is 23.1 Å². The van der Waals surface area contributed by atoms with Crippen LogP contribution in [0.1, 0.15) is 58.8 Å². The van der Waals surface area contributed by atoms with Gasteiger partial charge < -0.3 is 14.7 Å². The van der Waals surface area contributed by atoms with Gasteiger partial charge in [-0.3, -0.25) is 24.6 Å². The van der Waals surface area contributed by atoms with E-state index in [9.17, 15) is 18.8 Å². The molecule has 0 aliphatic carbocycles. The van der Waals surface area contributed by atoms with Crippen molar-refractivity contribution < 1.29 is 18.8 Å². The van der Waals surface area contributed by atoms with Gasteiger partial charge in [0.1, 0.15) is 29.2 Å². The fourth-order valence-electron chi connectivity index (χ4n) is 8.08. The van der Waals surface area contributed by atoms with E-state index in [2.05, 4.69) is 36.8 Å². The van der Waals surface area contributed by atoms with E-state index in [-0.39, 0.29) is 30.1 Å². The van der Waals surface area contributed by atoms with Crippen LogP contribution in [0.2, 0.25) is 0 Å². The van der Waals surface area contributed by atoms with Crippen molar-refractivity contribution in [3.63, 3.8) is 0 Å². The lowest BCUT2D eigenvalue weighted by molar-refractivity contribution is -0.136. The van der Waals surface area contributed by atoms with Gasteiger partial charge in [-0.25, -0.2) is 18.9 Å². The third-order valence-corrected chi connectivity index (χ3v) is 10.9. The average molecular weight is 724 g/mol. The van der Waals surface area contributed by atoms with Crippen molar-refractivity contribution in [2.75, 3.05) is 49.1 Å². The molecule has 3 fully saturated rings. The highest BCUT2D eigenvalue weighted by Crippen LogP contribution is 2.36. The van der Waals surface area contributed by atoms with Gasteiger partial charge in [-0.15, -0.1) is 5.10 Å². The molecule has 5 aromatic rings. The maximum atomic E-state index is 14.1. The number of anilines is 2. The number of hydrogen-bond donors (Lipinski definition) is 1. The number of nitrogens with zero attached hydrogens (tertiary/aromatic N) is 8. The zero-order chi connectivity index (χ0) is 36.8. The minimum Gasteiger partial charge on any atom is -0.354 e. The molecule has 3 aromatic heterocycles. The van der Waals surface area contributed by atoms with Crippen LogP contribution in [-0.4, -0.2) is 92.4 Å². The molecular formula is C41H38FN9O3. The van der Waals surface area contributed by atoms with Crippen LogP contribution in [0, 0.1) is 17.7 Å². The number of aromatic nitrogens is 4. The summed E-state index contributed by atoms with van der Waals surface area (Å²) in [6.45, 7) is 5.08. The number of carbonyl (C=O) groups excluding carboxylic acids is 3. The Balaban J connectivity index is 0.835. The van der Waals surface area contributed by atoms with Gasteiger partial charge >= 0.3 is 0 Å². The number of piperazine rings is 1. The standard InChI is InChI=1S/C41H38FN9O3/c42-30-7-1-6-28(24-30)33-9-4-18-49(33)38-15-14-36-43-25-35(51(36)46-38)32-8-2-10-37(44-32)48-21-19-47(20-22-48)17-3-5-27-11-12-31-29(23-27)26-50(41(31)54)34-13-16-39(52)45-40(34)53/h1-2,6-8,10-12,14-15,23-25,33-34H,4,9,13,16-22,26H2,(H,45,52,53). The number of hydrogen-bond acceptors (Lipinski definition) is 9. The molecule has 13 heteroatoms. The van der Waals surface area contributed by atoms with E-state index in [1.807, 2.05) is 59.2 Å². The molecule has 54 heavy (non-hydrogen) atoms. The second-order valence-corrected chi connectivity index (χ2v) is 14.2. The lowest BCUT2D eigenvalue weighted by atomic mass is 10.0. The highest BCUT2D eigenvalue weighted by atomic mass is 19.1. The number of carbonyl (C=O) groups is 3. The summed E-state index contributed by atoms with van der Waals surface area (Å²) in [5, 5.41) is 7.36. The van der Waals surface area contributed by atoms with Crippen molar-refractivity contribution in [2.45, 2.75) is 44.3 Å². The highest BCUT2D eigenvalue weighted by molar-refractivity contribution is 6.05. The molecule has 4 aliphatic rings. The molecule has 4 aliphatic heterocycles. The van der Waals surface area contributed by atoms with E-state index in [0.717, 1.165) is 90.9 Å². The molecule has 0 spiro atoms. The summed E-state index contributed by atoms with van der Waals surface area (Å²) in [4.78, 5) is 55.1. The second-order valence-electron chi connectivity index (χ2n) is 14.2. The average Bonchev–Trinajstić information content (AvgIpc) is 3.93. The summed E-state index contributed by atoms with van der Waals surface area (Å²) in [6, 6.07) is 21.9. The van der Waals surface area contributed by atoms with Crippen molar-refractivity contribution in [3.8, 4) is 23.2 Å². The fraction of sp³-hybridized carbons (Fsp3) is 0.317. The van der Waals surface area contributed by atoms with Crippen LogP contribution in [0.5, 0.6) is 0 Å². The van der Waals surface area contributed by atoms with Gasteiger partial charge in [0.2, 0.25) is 11.8 Å². The Bertz CT molecular complexity index is 2360. The van der Waals surface area contributed by atoms with E-state index in [1.165, 1.54) is 6.07 Å². The van der Waals surface area contributed by atoms with Crippen molar-refractivity contribution >= 4 is 35.0 Å². The van der Waals surface area contributed by atoms with Crippen LogP contribution in [0.15, 0.2) is 79.0 Å². The molecule has 0 saturated carbocycles. The first-order valence-electron chi connectivity index (χ1n) is 18.5. The number of benzene rings is 2. The number of imidazole rings is 1. The predicted octanol–water partition coefficient (Wildman–Crippen LogP) is 4.21. The number of pyridine rings is 1. The molecule has 2 unspecified atom stereocenters. The Morgan fingerprint density at radius 3 is 2.57 bits per heavy atom. The summed E-state index contributed by atoms with van der Waals surface area (Å²) in [5.74, 6) is 7.16. The van der Waals surface area contributed by atoms with Gasteiger partial charge in [0.05, 0.1) is 24.5 Å². The van der Waals surface area contributed by atoms with Crippen LogP contribution in [0.3, 0.4) is 0 Å². The number of fused-ring (bicyclic) bond motifs is 2. The quantitative estimate of drug-likeness (QED) is 0.203. The SMILES string of the molecule is O=C1CCC(N2Cc3cc(C#CCN4CCN(c5cccc(-c6cnc7ccc(N8CCCC8c8cccc(F)c8)nn67)n5)CC4)ccc3C2=O)C(=O)N1. The van der Waals surface area contributed by atoms with Crippen molar-refractivity contribution in [1.82, 2.24) is 34.7 Å². The molecule has 3 amide bonds. The Morgan fingerprint density at radius 1 is 0.852 bits per heavy atom. The zero-order valence-corrected chi connectivity index (χ0v) is 29.6. The Labute approximate surface area is 311 Å². The minimum absolute atomic E-state index is 0.0645. The minimum atomic E-state index is -0.631. The number of rotatable bonds is 6. The Morgan fingerprint density at radius 2 is 1.72 bits per heavy atom. The topological polar surface area (TPSA) is 119 Å². The van der Waals surface area contributed by atoms with Gasteiger partial charge in [0.25, 0.3) is 5.91 Å². The van der Waals surface area contributed by atoms with Crippen LogP contribution in [0.25, 0.3) is 17.0 Å². The first-order chi connectivity index (χ1) is 26.4. The maximum absolute atomic E-state index is 14.1. The smallest absolute Gasteiger partial charge is 0.255 e. The van der Waals surface area contributed by atoms with E-state index >= 15 is 0 Å². The summed E-state index contributed by atoms with van der Waals surface area (Å²) >= 11 is 0. The van der Waals surface area contributed by atoms with Crippen LogP contribution < -0.4 is 15.1 Å². The van der Waals surface area contributed by atoms with Crippen LogP contribution >= 0.6 is 0 Å². The predicted molar refractivity (Wildman–Crippen MR) is 200 cm³/mol. The third kappa shape index (κ3) is 6.43. The molecular weight excluding hydrogens is 686 g/mol. The largest absolute Gasteiger partial charge is 0.354 e. The number of piperidine rings is 1. The Hall–Kier alpha value is -6.13. The summed E-state index contributed by atoms with van der Waals surface area (Å²) < 4.78 is 15.9. The molecule has 1 N–H and O–H groups in total. The van der Waals surface area contributed by atoms with Crippen LogP contribution in [0.4, 0.5) is 16.0 Å².